The lowest BCUT2D eigenvalue weighted by Crippen LogP contribution is -2.61. The molecule has 4 rings (SSSR count). The molecule has 2 aliphatic rings. The number of barbiturate groups is 1. The van der Waals surface area contributed by atoms with Crippen LogP contribution in [0.15, 0.2) is 66.6 Å². The molecule has 0 aromatic heterocycles. The van der Waals surface area contributed by atoms with Crippen LogP contribution in [0.4, 0.5) is 16.2 Å². The van der Waals surface area contributed by atoms with Gasteiger partial charge in [0.1, 0.15) is 0 Å². The van der Waals surface area contributed by atoms with E-state index in [9.17, 15) is 46.3 Å². The van der Waals surface area contributed by atoms with Gasteiger partial charge in [0.2, 0.25) is 28.5 Å². The molecule has 2 aromatic carbocycles. The largest absolute Gasteiger partial charge is 0.396 e. The van der Waals surface area contributed by atoms with Crippen molar-refractivity contribution in [2.45, 2.75) is 34.6 Å². The summed E-state index contributed by atoms with van der Waals surface area (Å²) in [5.41, 5.74) is -0.379. The maximum atomic E-state index is 13.5. The Morgan fingerprint density at radius 2 is 1.29 bits per heavy atom. The lowest BCUT2D eigenvalue weighted by atomic mass is 10.0. The second-order valence-corrected chi connectivity index (χ2v) is 13.3. The first-order valence-electron chi connectivity index (χ1n) is 14.1. The molecule has 4 N–H and O–H groups in total. The first-order chi connectivity index (χ1) is 23.0. The Hall–Kier alpha value is -4.87. The number of rotatable bonds is 11. The summed E-state index contributed by atoms with van der Waals surface area (Å²) in [7, 11) is 0.409. The maximum Gasteiger partial charge on any atom is 0.333 e. The number of azo groups is 2. The monoisotopic (exact) mass is 721 g/mol. The Morgan fingerprint density at radius 3 is 1.80 bits per heavy atom. The molecular weight excluding hydrogens is 690 g/mol. The summed E-state index contributed by atoms with van der Waals surface area (Å²) in [6.07, 6.45) is -1.46. The minimum atomic E-state index is -4.41. The van der Waals surface area contributed by atoms with Crippen LogP contribution in [0.3, 0.4) is 0 Å². The average Bonchev–Trinajstić information content (AvgIpc) is 3.08. The fourth-order valence-electron chi connectivity index (χ4n) is 4.63. The van der Waals surface area contributed by atoms with Crippen molar-refractivity contribution in [1.29, 1.82) is 0 Å². The van der Waals surface area contributed by atoms with Crippen molar-refractivity contribution >= 4 is 62.1 Å². The zero-order chi connectivity index (χ0) is 36.4. The predicted octanol–water partition coefficient (Wildman–Crippen LogP) is -0.244. The summed E-state index contributed by atoms with van der Waals surface area (Å²) >= 11 is -2.75. The number of carbonyl (C=O) groups is 5. The number of amides is 6. The van der Waals surface area contributed by atoms with Crippen LogP contribution in [0.5, 0.6) is 0 Å². The van der Waals surface area contributed by atoms with Crippen LogP contribution >= 0.6 is 0 Å². The molecule has 0 spiro atoms. The molecule has 22 heteroatoms. The van der Waals surface area contributed by atoms with Gasteiger partial charge < -0.3 is 24.6 Å². The highest BCUT2D eigenvalue weighted by Gasteiger charge is 2.44. The molecule has 0 bridgehead atoms. The van der Waals surface area contributed by atoms with E-state index in [4.69, 9.17) is 5.11 Å². The fraction of sp³-hybridized carbons (Fsp3) is 0.370. The third-order valence-electron chi connectivity index (χ3n) is 7.46. The number of benzene rings is 2. The van der Waals surface area contributed by atoms with E-state index in [-0.39, 0.29) is 47.0 Å². The average molecular weight is 722 g/mol. The van der Waals surface area contributed by atoms with E-state index in [1.807, 2.05) is 0 Å². The van der Waals surface area contributed by atoms with Gasteiger partial charge in [-0.15, -0.1) is 0 Å². The molecule has 20 nitrogen and oxygen atoms in total. The van der Waals surface area contributed by atoms with Gasteiger partial charge in [-0.3, -0.25) is 29.0 Å². The van der Waals surface area contributed by atoms with Crippen molar-refractivity contribution in [1.82, 2.24) is 24.3 Å². The molecule has 2 heterocycles. The number of carbonyl (C=O) groups excluding carboxylic acids is 5. The maximum absolute atomic E-state index is 13.5. The molecule has 2 aliphatic heterocycles. The van der Waals surface area contributed by atoms with Gasteiger partial charge in [-0.05, 0) is 30.7 Å². The van der Waals surface area contributed by atoms with Gasteiger partial charge in [-0.2, -0.15) is 20.5 Å². The number of sulfonamides is 1. The van der Waals surface area contributed by atoms with Crippen molar-refractivity contribution in [3.05, 3.63) is 36.4 Å². The lowest BCUT2D eigenvalue weighted by Gasteiger charge is -2.37. The SMILES string of the molecule is CN1C(=O)C(N=Nc2ccc(-c3ccc(N=NC4C(=O)N(C)C(O)N(C)C4=O)cc3S(=O)(=O)NCCCO)c(S(=O)O)c2)C(=O)N(C)C1=O. The van der Waals surface area contributed by atoms with Gasteiger partial charge in [0.15, 0.2) is 11.1 Å². The highest BCUT2D eigenvalue weighted by atomic mass is 32.2. The van der Waals surface area contributed by atoms with E-state index in [1.54, 1.807) is 0 Å². The Kier molecular flexibility index (Phi) is 11.1. The fourth-order valence-corrected chi connectivity index (χ4v) is 6.53. The Balaban J connectivity index is 1.76. The normalized spacial score (nSPS) is 20.4. The van der Waals surface area contributed by atoms with Crippen LogP contribution in [-0.4, -0.2) is 136 Å². The lowest BCUT2D eigenvalue weighted by molar-refractivity contribution is -0.177. The molecular formula is C27H31N9O11S2. The molecule has 0 radical (unpaired) electrons. The third-order valence-corrected chi connectivity index (χ3v) is 9.68. The number of nitrogens with zero attached hydrogens (tertiary/aromatic N) is 8. The molecule has 2 aromatic rings. The Bertz CT molecular complexity index is 1860. The van der Waals surface area contributed by atoms with Gasteiger partial charge in [-0.1, -0.05) is 12.1 Å². The second-order valence-electron chi connectivity index (χ2n) is 10.6. The van der Waals surface area contributed by atoms with Crippen LogP contribution in [0.2, 0.25) is 0 Å². The van der Waals surface area contributed by atoms with E-state index in [0.717, 1.165) is 36.0 Å². The standard InChI is InChI=1S/C27H31N9O11S2/c1-33-22(38)20(23(39)34(2)26(33)42)31-29-14-6-8-16(18(12-14)48(44)45)17-9-7-15(13-19(17)49(46,47)28-10-5-11-37)30-32-21-24(40)35(3)27(43)36(4)25(21)41/h6-9,12-13,20-21,27-28,37,43H,5,10-11H2,1-4H3,(H,44,45). The highest BCUT2D eigenvalue weighted by molar-refractivity contribution is 7.89. The summed E-state index contributed by atoms with van der Waals surface area (Å²) in [6.45, 7) is -0.502. The topological polar surface area (TPSA) is 272 Å². The number of nitrogens with one attached hydrogen (secondary N) is 1. The molecule has 49 heavy (non-hydrogen) atoms. The first-order valence-corrected chi connectivity index (χ1v) is 16.7. The number of aliphatic hydroxyl groups is 2. The molecule has 1 atom stereocenters. The molecule has 1 unspecified atom stereocenters. The predicted molar refractivity (Wildman–Crippen MR) is 167 cm³/mol. The third kappa shape index (κ3) is 7.42. The number of urea groups is 1. The number of hydrogen-bond donors (Lipinski definition) is 4. The second kappa shape index (κ2) is 14.7. The van der Waals surface area contributed by atoms with E-state index in [2.05, 4.69) is 25.2 Å². The van der Waals surface area contributed by atoms with E-state index in [1.165, 1.54) is 38.4 Å². The van der Waals surface area contributed by atoms with Gasteiger partial charge >= 0.3 is 6.03 Å². The van der Waals surface area contributed by atoms with Crippen molar-refractivity contribution < 1.29 is 51.4 Å². The summed E-state index contributed by atoms with van der Waals surface area (Å²) in [5, 5.41) is 34.4. The van der Waals surface area contributed by atoms with Crippen LogP contribution in [-0.2, 0) is 40.3 Å². The zero-order valence-corrected chi connectivity index (χ0v) is 28.0. The van der Waals surface area contributed by atoms with E-state index in [0.29, 0.717) is 9.80 Å². The molecule has 0 saturated carbocycles. The molecule has 262 valence electrons. The minimum absolute atomic E-state index is 0.0596. The Morgan fingerprint density at radius 1 is 0.796 bits per heavy atom. The Labute approximate surface area is 281 Å². The minimum Gasteiger partial charge on any atom is -0.396 e. The first kappa shape index (κ1) is 37.0. The van der Waals surface area contributed by atoms with Crippen molar-refractivity contribution in [3.8, 4) is 11.1 Å². The van der Waals surface area contributed by atoms with Gasteiger partial charge in [0, 0.05) is 52.5 Å². The molecule has 2 fully saturated rings. The van der Waals surface area contributed by atoms with Gasteiger partial charge in [-0.25, -0.2) is 22.1 Å². The summed E-state index contributed by atoms with van der Waals surface area (Å²) in [5.74, 6) is -3.58. The van der Waals surface area contributed by atoms with Crippen LogP contribution in [0, 0.1) is 0 Å². The van der Waals surface area contributed by atoms with Gasteiger partial charge in [0.25, 0.3) is 23.6 Å². The van der Waals surface area contributed by atoms with Crippen molar-refractivity contribution in [3.63, 3.8) is 0 Å². The zero-order valence-electron chi connectivity index (χ0n) is 26.3. The quantitative estimate of drug-likeness (QED) is 0.102. The number of aliphatic hydroxyl groups excluding tert-OH is 2. The van der Waals surface area contributed by atoms with Crippen LogP contribution < -0.4 is 4.72 Å². The van der Waals surface area contributed by atoms with E-state index < -0.39 is 74.1 Å². The molecule has 2 saturated heterocycles. The van der Waals surface area contributed by atoms with E-state index >= 15 is 0 Å². The number of likely N-dealkylation sites (N-methyl/N-ethyl adjacent to an activating group) is 4. The molecule has 6 amide bonds. The smallest absolute Gasteiger partial charge is 0.333 e. The number of hydrogen-bond acceptors (Lipinski definition) is 14. The number of imide groups is 2. The highest BCUT2D eigenvalue weighted by Crippen LogP contribution is 2.36. The van der Waals surface area contributed by atoms with Crippen LogP contribution in [0.25, 0.3) is 11.1 Å². The molecule has 0 aliphatic carbocycles. The summed E-state index contributed by atoms with van der Waals surface area (Å²) < 4.78 is 51.9. The summed E-state index contributed by atoms with van der Waals surface area (Å²) in [6, 6.07) is 2.97. The van der Waals surface area contributed by atoms with Crippen LogP contribution in [0.1, 0.15) is 6.42 Å². The van der Waals surface area contributed by atoms with Gasteiger partial charge in [0.05, 0.1) is 21.2 Å². The van der Waals surface area contributed by atoms with Crippen molar-refractivity contribution in [2.24, 2.45) is 20.5 Å². The summed E-state index contributed by atoms with van der Waals surface area (Å²) in [4.78, 5) is 64.4. The van der Waals surface area contributed by atoms with Crippen molar-refractivity contribution in [2.75, 3.05) is 41.3 Å².